The van der Waals surface area contributed by atoms with Crippen LogP contribution in [0.2, 0.25) is 0 Å². The number of hydrogen-bond acceptors (Lipinski definition) is 4. The van der Waals surface area contributed by atoms with Gasteiger partial charge in [-0.2, -0.15) is 5.10 Å². The van der Waals surface area contributed by atoms with Gasteiger partial charge in [0, 0.05) is 13.0 Å². The van der Waals surface area contributed by atoms with Crippen LogP contribution in [0.4, 0.5) is 0 Å². The maximum atomic E-state index is 12.1. The van der Waals surface area contributed by atoms with Gasteiger partial charge in [0.05, 0.1) is 6.42 Å². The van der Waals surface area contributed by atoms with E-state index >= 15 is 0 Å². The van der Waals surface area contributed by atoms with Crippen molar-refractivity contribution in [2.75, 3.05) is 6.54 Å². The van der Waals surface area contributed by atoms with E-state index in [1.165, 1.54) is 0 Å². The molecule has 0 aromatic carbocycles. The molecule has 0 aliphatic rings. The summed E-state index contributed by atoms with van der Waals surface area (Å²) in [6.45, 7) is 7.97. The highest BCUT2D eigenvalue weighted by Crippen LogP contribution is 2.17. The average molecular weight is 294 g/mol. The van der Waals surface area contributed by atoms with E-state index in [1.54, 1.807) is 6.33 Å². The Morgan fingerprint density at radius 1 is 1.33 bits per heavy atom. The number of nitrogens with two attached hydrogens (primary N) is 1. The van der Waals surface area contributed by atoms with E-state index in [0.29, 0.717) is 31.2 Å². The van der Waals surface area contributed by atoms with Crippen LogP contribution in [0, 0.1) is 11.8 Å². The summed E-state index contributed by atoms with van der Waals surface area (Å²) in [7, 11) is 0. The molecular weight excluding hydrogens is 264 g/mol. The Morgan fingerprint density at radius 3 is 2.71 bits per heavy atom. The molecule has 1 unspecified atom stereocenters. The number of nitrogens with zero attached hydrogens (tertiary/aromatic N) is 3. The van der Waals surface area contributed by atoms with Crippen molar-refractivity contribution in [2.24, 2.45) is 17.6 Å². The summed E-state index contributed by atoms with van der Waals surface area (Å²) in [4.78, 5) is 16.4. The third-order valence-electron chi connectivity index (χ3n) is 3.69. The zero-order valence-electron chi connectivity index (χ0n) is 13.7. The molecule has 0 radical (unpaired) electrons. The number of ketones is 1. The van der Waals surface area contributed by atoms with E-state index < -0.39 is 0 Å². The minimum Gasteiger partial charge on any atom is -0.330 e. The fourth-order valence-electron chi connectivity index (χ4n) is 2.63. The van der Waals surface area contributed by atoms with Crippen LogP contribution in [0.25, 0.3) is 0 Å². The summed E-state index contributed by atoms with van der Waals surface area (Å²) in [5, 5.41) is 4.20. The number of hydrogen-bond donors (Lipinski definition) is 1. The van der Waals surface area contributed by atoms with Crippen LogP contribution < -0.4 is 5.73 Å². The van der Waals surface area contributed by atoms with E-state index in [-0.39, 0.29) is 5.78 Å². The lowest BCUT2D eigenvalue weighted by Gasteiger charge is -2.14. The van der Waals surface area contributed by atoms with Gasteiger partial charge in [-0.25, -0.2) is 9.67 Å². The van der Waals surface area contributed by atoms with Gasteiger partial charge in [-0.15, -0.1) is 0 Å². The molecule has 1 atom stereocenters. The number of rotatable bonds is 11. The molecule has 120 valence electrons. The van der Waals surface area contributed by atoms with Crippen LogP contribution in [-0.2, 0) is 17.8 Å². The van der Waals surface area contributed by atoms with Crippen LogP contribution >= 0.6 is 0 Å². The molecule has 0 saturated heterocycles. The van der Waals surface area contributed by atoms with Crippen LogP contribution in [0.5, 0.6) is 0 Å². The van der Waals surface area contributed by atoms with Crippen LogP contribution in [0.15, 0.2) is 6.33 Å². The Balaban J connectivity index is 2.44. The number of carbonyl (C=O) groups is 1. The topological polar surface area (TPSA) is 73.8 Å². The molecule has 0 spiro atoms. The molecule has 1 heterocycles. The van der Waals surface area contributed by atoms with E-state index in [1.807, 2.05) is 4.68 Å². The first kappa shape index (κ1) is 17.8. The minimum absolute atomic E-state index is 0.256. The molecule has 5 nitrogen and oxygen atoms in total. The van der Waals surface area contributed by atoms with Gasteiger partial charge in [0.15, 0.2) is 0 Å². The van der Waals surface area contributed by atoms with Crippen molar-refractivity contribution in [3.63, 3.8) is 0 Å². The lowest BCUT2D eigenvalue weighted by Crippen LogP contribution is -2.15. The lowest BCUT2D eigenvalue weighted by molar-refractivity contribution is -0.118. The molecule has 21 heavy (non-hydrogen) atoms. The second kappa shape index (κ2) is 9.66. The minimum atomic E-state index is 0.256. The van der Waals surface area contributed by atoms with E-state index in [4.69, 9.17) is 5.73 Å². The Kier molecular flexibility index (Phi) is 8.20. The standard InChI is InChI=1S/C16H30N4O/c1-4-5-14(8-9-17)6-7-15(21)10-16-18-12-19-20(16)11-13(2)3/h12-14H,4-11,17H2,1-3H3. The molecule has 0 bridgehead atoms. The number of aromatic nitrogens is 3. The maximum Gasteiger partial charge on any atom is 0.140 e. The molecule has 0 saturated carbocycles. The van der Waals surface area contributed by atoms with Crippen molar-refractivity contribution >= 4 is 5.78 Å². The highest BCUT2D eigenvalue weighted by atomic mass is 16.1. The Morgan fingerprint density at radius 2 is 2.10 bits per heavy atom. The summed E-state index contributed by atoms with van der Waals surface area (Å²) in [5.41, 5.74) is 5.64. The molecule has 1 rings (SSSR count). The van der Waals surface area contributed by atoms with E-state index in [2.05, 4.69) is 30.9 Å². The van der Waals surface area contributed by atoms with Gasteiger partial charge in [0.25, 0.3) is 0 Å². The first-order chi connectivity index (χ1) is 10.1. The van der Waals surface area contributed by atoms with E-state index in [0.717, 1.165) is 38.1 Å². The fourth-order valence-corrected chi connectivity index (χ4v) is 2.63. The van der Waals surface area contributed by atoms with Crippen molar-refractivity contribution < 1.29 is 4.79 Å². The highest BCUT2D eigenvalue weighted by Gasteiger charge is 2.14. The lowest BCUT2D eigenvalue weighted by atomic mass is 9.93. The van der Waals surface area contributed by atoms with E-state index in [9.17, 15) is 4.79 Å². The van der Waals surface area contributed by atoms with Crippen molar-refractivity contribution in [3.8, 4) is 0 Å². The first-order valence-corrected chi connectivity index (χ1v) is 8.15. The van der Waals surface area contributed by atoms with Crippen LogP contribution in [0.1, 0.15) is 58.7 Å². The van der Waals surface area contributed by atoms with Gasteiger partial charge in [-0.1, -0.05) is 33.6 Å². The highest BCUT2D eigenvalue weighted by molar-refractivity contribution is 5.80. The van der Waals surface area contributed by atoms with Crippen molar-refractivity contribution in [2.45, 2.75) is 65.8 Å². The van der Waals surface area contributed by atoms with Crippen molar-refractivity contribution in [3.05, 3.63) is 12.2 Å². The van der Waals surface area contributed by atoms with Crippen molar-refractivity contribution in [1.29, 1.82) is 0 Å². The third kappa shape index (κ3) is 6.85. The Hall–Kier alpha value is -1.23. The first-order valence-electron chi connectivity index (χ1n) is 8.15. The second-order valence-corrected chi connectivity index (χ2v) is 6.24. The SMILES string of the molecule is CCCC(CCN)CCC(=O)Cc1ncnn1CC(C)C. The molecule has 2 N–H and O–H groups in total. The van der Waals surface area contributed by atoms with Gasteiger partial charge in [0.2, 0.25) is 0 Å². The second-order valence-electron chi connectivity index (χ2n) is 6.24. The molecule has 0 amide bonds. The van der Waals surface area contributed by atoms with Gasteiger partial charge < -0.3 is 5.73 Å². The maximum absolute atomic E-state index is 12.1. The summed E-state index contributed by atoms with van der Waals surface area (Å²) in [6.07, 6.45) is 6.84. The van der Waals surface area contributed by atoms with Gasteiger partial charge in [0.1, 0.15) is 17.9 Å². The molecule has 0 aliphatic carbocycles. The van der Waals surface area contributed by atoms with Crippen molar-refractivity contribution in [1.82, 2.24) is 14.8 Å². The zero-order chi connectivity index (χ0) is 15.7. The van der Waals surface area contributed by atoms with Crippen LogP contribution in [0.3, 0.4) is 0 Å². The summed E-state index contributed by atoms with van der Waals surface area (Å²) >= 11 is 0. The zero-order valence-corrected chi connectivity index (χ0v) is 13.7. The monoisotopic (exact) mass is 294 g/mol. The molecule has 0 aliphatic heterocycles. The predicted octanol–water partition coefficient (Wildman–Crippen LogP) is 2.59. The van der Waals surface area contributed by atoms with Gasteiger partial charge >= 0.3 is 0 Å². The summed E-state index contributed by atoms with van der Waals surface area (Å²) in [6, 6.07) is 0. The normalized spacial score (nSPS) is 12.8. The molecule has 1 aromatic heterocycles. The smallest absolute Gasteiger partial charge is 0.140 e. The quantitative estimate of drug-likeness (QED) is 0.681. The Labute approximate surface area is 128 Å². The van der Waals surface area contributed by atoms with Gasteiger partial charge in [-0.05, 0) is 31.2 Å². The largest absolute Gasteiger partial charge is 0.330 e. The molecular formula is C16H30N4O. The number of Topliss-reactive ketones (excluding diaryl/α,β-unsaturated/α-hetero) is 1. The molecule has 1 aromatic rings. The fraction of sp³-hybridized carbons (Fsp3) is 0.812. The van der Waals surface area contributed by atoms with Gasteiger partial charge in [-0.3, -0.25) is 4.79 Å². The summed E-state index contributed by atoms with van der Waals surface area (Å²) < 4.78 is 1.85. The summed E-state index contributed by atoms with van der Waals surface area (Å²) in [5.74, 6) is 2.13. The predicted molar refractivity (Wildman–Crippen MR) is 84.9 cm³/mol. The number of carbonyl (C=O) groups excluding carboxylic acids is 1. The van der Waals surface area contributed by atoms with Crippen LogP contribution in [-0.4, -0.2) is 27.1 Å². The Bertz CT molecular complexity index is 408. The average Bonchev–Trinajstić information content (AvgIpc) is 2.83. The molecule has 0 fully saturated rings. The molecule has 5 heteroatoms. The third-order valence-corrected chi connectivity index (χ3v) is 3.69.